The second-order valence-corrected chi connectivity index (χ2v) is 7.06. The Labute approximate surface area is 170 Å². The second kappa shape index (κ2) is 8.34. The van der Waals surface area contributed by atoms with E-state index in [-0.39, 0.29) is 0 Å². The van der Waals surface area contributed by atoms with Gasteiger partial charge in [-0.2, -0.15) is 4.98 Å². The molecule has 29 heavy (non-hydrogen) atoms. The van der Waals surface area contributed by atoms with Gasteiger partial charge in [-0.1, -0.05) is 6.07 Å². The average molecular weight is 391 g/mol. The molecule has 3 aromatic rings. The van der Waals surface area contributed by atoms with Gasteiger partial charge in [0.15, 0.2) is 11.5 Å². The lowest BCUT2D eigenvalue weighted by atomic mass is 9.99. The molecular formula is C22H25N5O2. The Hall–Kier alpha value is -3.35. The molecule has 0 saturated carbocycles. The van der Waals surface area contributed by atoms with Crippen LogP contribution in [0.3, 0.4) is 0 Å². The zero-order valence-electron chi connectivity index (χ0n) is 17.0. The molecule has 1 N–H and O–H groups in total. The van der Waals surface area contributed by atoms with Gasteiger partial charge in [-0.25, -0.2) is 4.98 Å². The van der Waals surface area contributed by atoms with Gasteiger partial charge < -0.3 is 19.7 Å². The summed E-state index contributed by atoms with van der Waals surface area (Å²) in [5, 5.41) is 3.38. The Morgan fingerprint density at radius 1 is 1.07 bits per heavy atom. The van der Waals surface area contributed by atoms with E-state index in [2.05, 4.69) is 32.3 Å². The highest BCUT2D eigenvalue weighted by atomic mass is 16.5. The number of benzene rings is 1. The van der Waals surface area contributed by atoms with Gasteiger partial charge >= 0.3 is 0 Å². The zero-order chi connectivity index (χ0) is 20.2. The molecule has 0 aliphatic carbocycles. The summed E-state index contributed by atoms with van der Waals surface area (Å²) >= 11 is 0. The Bertz CT molecular complexity index is 994. The van der Waals surface area contributed by atoms with E-state index in [4.69, 9.17) is 14.5 Å². The van der Waals surface area contributed by atoms with E-state index in [9.17, 15) is 0 Å². The van der Waals surface area contributed by atoms with Crippen LogP contribution in [0, 0.1) is 6.92 Å². The molecule has 1 aliphatic rings. The third-order valence-corrected chi connectivity index (χ3v) is 5.04. The SMILES string of the molecule is COc1cc2c(cc1OC)CN(c1nc(C)cc(NCc3cccnc3)n1)CC2. The maximum absolute atomic E-state index is 5.47. The van der Waals surface area contributed by atoms with Crippen molar-refractivity contribution in [1.82, 2.24) is 15.0 Å². The summed E-state index contributed by atoms with van der Waals surface area (Å²) < 4.78 is 10.9. The van der Waals surface area contributed by atoms with Gasteiger partial charge in [0.2, 0.25) is 5.95 Å². The van der Waals surface area contributed by atoms with Crippen LogP contribution in [0.4, 0.5) is 11.8 Å². The Balaban J connectivity index is 1.54. The lowest BCUT2D eigenvalue weighted by molar-refractivity contribution is 0.353. The van der Waals surface area contributed by atoms with Gasteiger partial charge in [0.1, 0.15) is 5.82 Å². The van der Waals surface area contributed by atoms with Crippen LogP contribution in [-0.2, 0) is 19.5 Å². The highest BCUT2D eigenvalue weighted by Crippen LogP contribution is 2.34. The van der Waals surface area contributed by atoms with E-state index in [0.717, 1.165) is 54.0 Å². The first-order chi connectivity index (χ1) is 14.2. The van der Waals surface area contributed by atoms with Gasteiger partial charge in [-0.15, -0.1) is 0 Å². The largest absolute Gasteiger partial charge is 0.493 e. The number of fused-ring (bicyclic) bond motifs is 1. The molecule has 4 rings (SSSR count). The van der Waals surface area contributed by atoms with Crippen LogP contribution in [0.15, 0.2) is 42.7 Å². The van der Waals surface area contributed by atoms with Gasteiger partial charge in [0, 0.05) is 43.8 Å². The van der Waals surface area contributed by atoms with E-state index in [0.29, 0.717) is 6.54 Å². The Morgan fingerprint density at radius 3 is 2.59 bits per heavy atom. The smallest absolute Gasteiger partial charge is 0.227 e. The summed E-state index contributed by atoms with van der Waals surface area (Å²) in [6.07, 6.45) is 4.53. The minimum absolute atomic E-state index is 0.670. The lowest BCUT2D eigenvalue weighted by Crippen LogP contribution is -2.32. The van der Waals surface area contributed by atoms with Gasteiger partial charge in [0.25, 0.3) is 0 Å². The van der Waals surface area contributed by atoms with Crippen LogP contribution in [0.25, 0.3) is 0 Å². The van der Waals surface area contributed by atoms with E-state index in [1.165, 1.54) is 11.1 Å². The number of rotatable bonds is 6. The first-order valence-electron chi connectivity index (χ1n) is 9.63. The number of nitrogens with zero attached hydrogens (tertiary/aromatic N) is 4. The molecule has 0 radical (unpaired) electrons. The molecule has 0 atom stereocenters. The van der Waals surface area contributed by atoms with Gasteiger partial charge in [-0.3, -0.25) is 4.98 Å². The second-order valence-electron chi connectivity index (χ2n) is 7.06. The molecule has 1 aromatic carbocycles. The van der Waals surface area contributed by atoms with Crippen molar-refractivity contribution in [2.75, 3.05) is 31.0 Å². The number of methoxy groups -OCH3 is 2. The molecule has 7 heteroatoms. The maximum atomic E-state index is 5.47. The number of anilines is 2. The highest BCUT2D eigenvalue weighted by Gasteiger charge is 2.21. The summed E-state index contributed by atoms with van der Waals surface area (Å²) in [5.41, 5.74) is 4.53. The molecule has 0 saturated heterocycles. The van der Waals surface area contributed by atoms with Crippen LogP contribution in [0.2, 0.25) is 0 Å². The number of nitrogens with one attached hydrogen (secondary N) is 1. The summed E-state index contributed by atoms with van der Waals surface area (Å²) in [6, 6.07) is 10.1. The van der Waals surface area contributed by atoms with Crippen molar-refractivity contribution in [3.05, 3.63) is 65.1 Å². The third-order valence-electron chi connectivity index (χ3n) is 5.04. The average Bonchev–Trinajstić information content (AvgIpc) is 2.76. The first-order valence-corrected chi connectivity index (χ1v) is 9.63. The van der Waals surface area contributed by atoms with Crippen LogP contribution in [0.1, 0.15) is 22.4 Å². The fraction of sp³-hybridized carbons (Fsp3) is 0.318. The summed E-state index contributed by atoms with van der Waals surface area (Å²) in [4.78, 5) is 15.8. The van der Waals surface area contributed by atoms with E-state index in [1.54, 1.807) is 20.4 Å². The van der Waals surface area contributed by atoms with Crippen molar-refractivity contribution in [3.8, 4) is 11.5 Å². The fourth-order valence-corrected chi connectivity index (χ4v) is 3.53. The lowest BCUT2D eigenvalue weighted by Gasteiger charge is -2.30. The summed E-state index contributed by atoms with van der Waals surface area (Å²) in [6.45, 7) is 4.25. The molecule has 0 spiro atoms. The summed E-state index contributed by atoms with van der Waals surface area (Å²) in [5.74, 6) is 3.07. The molecule has 0 bridgehead atoms. The van der Waals surface area contributed by atoms with Gasteiger partial charge in [0.05, 0.1) is 14.2 Å². The molecule has 2 aromatic heterocycles. The highest BCUT2D eigenvalue weighted by molar-refractivity contribution is 5.52. The molecule has 0 unspecified atom stereocenters. The molecule has 0 fully saturated rings. The molecule has 0 amide bonds. The number of pyridine rings is 1. The number of hydrogen-bond donors (Lipinski definition) is 1. The Kier molecular flexibility index (Phi) is 5.46. The molecule has 150 valence electrons. The Morgan fingerprint density at radius 2 is 1.86 bits per heavy atom. The van der Waals surface area contributed by atoms with E-state index < -0.39 is 0 Å². The van der Waals surface area contributed by atoms with Crippen molar-refractivity contribution in [1.29, 1.82) is 0 Å². The molecule has 7 nitrogen and oxygen atoms in total. The minimum Gasteiger partial charge on any atom is -0.493 e. The number of hydrogen-bond acceptors (Lipinski definition) is 7. The van der Waals surface area contributed by atoms with Crippen LogP contribution < -0.4 is 19.7 Å². The van der Waals surface area contributed by atoms with Crippen molar-refractivity contribution < 1.29 is 9.47 Å². The molecule has 1 aliphatic heterocycles. The maximum Gasteiger partial charge on any atom is 0.227 e. The van der Waals surface area contributed by atoms with Crippen LogP contribution in [-0.4, -0.2) is 35.7 Å². The van der Waals surface area contributed by atoms with Gasteiger partial charge in [-0.05, 0) is 48.2 Å². The zero-order valence-corrected chi connectivity index (χ0v) is 17.0. The quantitative estimate of drug-likeness (QED) is 0.691. The van der Waals surface area contributed by atoms with Crippen molar-refractivity contribution in [2.24, 2.45) is 0 Å². The minimum atomic E-state index is 0.670. The third kappa shape index (κ3) is 4.23. The standard InChI is InChI=1S/C22H25N5O2/c1-15-9-21(24-13-16-5-4-7-23-12-16)26-22(25-15)27-8-6-17-10-19(28-2)20(29-3)11-18(17)14-27/h4-5,7,9-12H,6,8,13-14H2,1-3H3,(H,24,25,26). The first kappa shape index (κ1) is 19.0. The van der Waals surface area contributed by atoms with Crippen LogP contribution >= 0.6 is 0 Å². The predicted octanol–water partition coefficient (Wildman–Crippen LogP) is 3.37. The number of ether oxygens (including phenoxy) is 2. The van der Waals surface area contributed by atoms with E-state index >= 15 is 0 Å². The molecule has 3 heterocycles. The van der Waals surface area contributed by atoms with Crippen LogP contribution in [0.5, 0.6) is 11.5 Å². The molecular weight excluding hydrogens is 366 g/mol. The predicted molar refractivity (Wildman–Crippen MR) is 113 cm³/mol. The van der Waals surface area contributed by atoms with E-state index in [1.807, 2.05) is 31.3 Å². The normalized spacial score (nSPS) is 13.0. The van der Waals surface area contributed by atoms with Crippen molar-refractivity contribution in [2.45, 2.75) is 26.4 Å². The van der Waals surface area contributed by atoms with Crippen molar-refractivity contribution in [3.63, 3.8) is 0 Å². The van der Waals surface area contributed by atoms with Crippen molar-refractivity contribution >= 4 is 11.8 Å². The number of aromatic nitrogens is 3. The fourth-order valence-electron chi connectivity index (χ4n) is 3.53. The number of aryl methyl sites for hydroxylation is 1. The monoisotopic (exact) mass is 391 g/mol. The summed E-state index contributed by atoms with van der Waals surface area (Å²) in [7, 11) is 3.33. The topological polar surface area (TPSA) is 72.4 Å².